The maximum absolute atomic E-state index is 12.3. The zero-order chi connectivity index (χ0) is 17.6. The second-order valence-corrected chi connectivity index (χ2v) is 6.01. The van der Waals surface area contributed by atoms with Crippen LogP contribution in [0.5, 0.6) is 17.2 Å². The van der Waals surface area contributed by atoms with Crippen molar-refractivity contribution < 1.29 is 19.0 Å². The van der Waals surface area contributed by atoms with E-state index in [4.69, 9.17) is 14.2 Å². The van der Waals surface area contributed by atoms with Crippen molar-refractivity contribution in [3.63, 3.8) is 0 Å². The lowest BCUT2D eigenvalue weighted by molar-refractivity contribution is -0.133. The van der Waals surface area contributed by atoms with E-state index in [1.165, 1.54) is 25.6 Å². The van der Waals surface area contributed by atoms with Gasteiger partial charge in [-0.05, 0) is 12.1 Å². The third kappa shape index (κ3) is 3.97. The molecule has 0 aliphatic rings. The summed E-state index contributed by atoms with van der Waals surface area (Å²) < 4.78 is 15.9. The van der Waals surface area contributed by atoms with Crippen LogP contribution < -0.4 is 14.2 Å². The summed E-state index contributed by atoms with van der Waals surface area (Å²) >= 11 is 1.50. The quantitative estimate of drug-likeness (QED) is 0.494. The van der Waals surface area contributed by atoms with Gasteiger partial charge in [0.05, 0.1) is 26.3 Å². The Labute approximate surface area is 149 Å². The molecule has 6 heteroatoms. The van der Waals surface area contributed by atoms with E-state index in [0.717, 1.165) is 10.6 Å². The maximum atomic E-state index is 12.3. The molecular weight excluding hydrogens is 338 g/mol. The molecule has 2 aromatic carbocycles. The first-order valence-corrected chi connectivity index (χ1v) is 8.50. The average Bonchev–Trinajstić information content (AvgIpc) is 3.11. The zero-order valence-corrected chi connectivity index (χ0v) is 14.7. The number of carbonyl (C=O) groups excluding carboxylic acids is 1. The van der Waals surface area contributed by atoms with E-state index in [1.54, 1.807) is 18.2 Å². The average molecular weight is 355 g/mol. The molecule has 25 heavy (non-hydrogen) atoms. The Balaban J connectivity index is 1.73. The SMILES string of the molecule is COc1cccc(OC)c1OC(=O)Cc1csc(-c2ccccc2)n1. The number of esters is 1. The molecule has 0 aliphatic heterocycles. The van der Waals surface area contributed by atoms with E-state index in [9.17, 15) is 4.79 Å². The maximum Gasteiger partial charge on any atom is 0.317 e. The van der Waals surface area contributed by atoms with Gasteiger partial charge in [0, 0.05) is 10.9 Å². The molecule has 128 valence electrons. The van der Waals surface area contributed by atoms with Crippen LogP contribution >= 0.6 is 11.3 Å². The Bertz CT molecular complexity index is 839. The van der Waals surface area contributed by atoms with Crippen LogP contribution in [0.15, 0.2) is 53.9 Å². The number of hydrogen-bond acceptors (Lipinski definition) is 6. The minimum Gasteiger partial charge on any atom is -0.493 e. The first kappa shape index (κ1) is 17.0. The van der Waals surface area contributed by atoms with Crippen molar-refractivity contribution in [3.8, 4) is 27.8 Å². The van der Waals surface area contributed by atoms with Crippen molar-refractivity contribution >= 4 is 17.3 Å². The summed E-state index contributed by atoms with van der Waals surface area (Å²) in [6.07, 6.45) is 0.0739. The molecule has 0 fully saturated rings. The summed E-state index contributed by atoms with van der Waals surface area (Å²) in [6.45, 7) is 0. The third-order valence-corrected chi connectivity index (χ3v) is 4.44. The molecule has 0 radical (unpaired) electrons. The van der Waals surface area contributed by atoms with E-state index in [2.05, 4.69) is 4.98 Å². The van der Waals surface area contributed by atoms with Gasteiger partial charge >= 0.3 is 5.97 Å². The number of hydrogen-bond donors (Lipinski definition) is 0. The van der Waals surface area contributed by atoms with Crippen molar-refractivity contribution in [1.29, 1.82) is 0 Å². The number of methoxy groups -OCH3 is 2. The van der Waals surface area contributed by atoms with Crippen molar-refractivity contribution in [1.82, 2.24) is 4.98 Å². The van der Waals surface area contributed by atoms with Gasteiger partial charge < -0.3 is 14.2 Å². The van der Waals surface area contributed by atoms with Crippen molar-refractivity contribution in [3.05, 3.63) is 59.6 Å². The van der Waals surface area contributed by atoms with Gasteiger partial charge in [0.2, 0.25) is 5.75 Å². The lowest BCUT2D eigenvalue weighted by Gasteiger charge is -2.12. The van der Waals surface area contributed by atoms with Crippen LogP contribution in [0, 0.1) is 0 Å². The topological polar surface area (TPSA) is 57.7 Å². The highest BCUT2D eigenvalue weighted by molar-refractivity contribution is 7.13. The van der Waals surface area contributed by atoms with E-state index in [0.29, 0.717) is 17.2 Å². The predicted octanol–water partition coefficient (Wildman–Crippen LogP) is 3.98. The highest BCUT2D eigenvalue weighted by Gasteiger charge is 2.17. The van der Waals surface area contributed by atoms with E-state index >= 15 is 0 Å². The fraction of sp³-hybridized carbons (Fsp3) is 0.158. The summed E-state index contributed by atoms with van der Waals surface area (Å²) in [4.78, 5) is 16.8. The lowest BCUT2D eigenvalue weighted by atomic mass is 10.2. The number of rotatable bonds is 6. The van der Waals surface area contributed by atoms with Crippen LogP contribution in [0.25, 0.3) is 10.6 Å². The van der Waals surface area contributed by atoms with E-state index in [1.807, 2.05) is 35.7 Å². The highest BCUT2D eigenvalue weighted by atomic mass is 32.1. The molecule has 0 saturated carbocycles. The molecule has 0 N–H and O–H groups in total. The van der Waals surface area contributed by atoms with Gasteiger partial charge in [-0.15, -0.1) is 11.3 Å². The van der Waals surface area contributed by atoms with E-state index in [-0.39, 0.29) is 12.2 Å². The summed E-state index contributed by atoms with van der Waals surface area (Å²) in [7, 11) is 3.03. The van der Waals surface area contributed by atoms with Crippen molar-refractivity contribution in [2.45, 2.75) is 6.42 Å². The third-order valence-electron chi connectivity index (χ3n) is 3.50. The molecule has 0 bridgehead atoms. The predicted molar refractivity (Wildman–Crippen MR) is 96.4 cm³/mol. The van der Waals surface area contributed by atoms with Crippen molar-refractivity contribution in [2.75, 3.05) is 14.2 Å². The molecule has 1 aromatic heterocycles. The molecule has 3 aromatic rings. The molecule has 1 heterocycles. The Kier molecular flexibility index (Phi) is 5.30. The first-order valence-electron chi connectivity index (χ1n) is 7.62. The van der Waals surface area contributed by atoms with Gasteiger partial charge in [-0.3, -0.25) is 4.79 Å². The number of ether oxygens (including phenoxy) is 3. The Morgan fingerprint density at radius 1 is 1.00 bits per heavy atom. The molecule has 3 rings (SSSR count). The first-order chi connectivity index (χ1) is 12.2. The standard InChI is InChI=1S/C19H17NO4S/c1-22-15-9-6-10-16(23-2)18(15)24-17(21)11-14-12-25-19(20-14)13-7-4-3-5-8-13/h3-10,12H,11H2,1-2H3. The molecule has 5 nitrogen and oxygen atoms in total. The fourth-order valence-corrected chi connectivity index (χ4v) is 3.14. The zero-order valence-electron chi connectivity index (χ0n) is 13.9. The van der Waals surface area contributed by atoms with Crippen LogP contribution in [0.2, 0.25) is 0 Å². The van der Waals surface area contributed by atoms with Crippen LogP contribution in [0.3, 0.4) is 0 Å². The van der Waals surface area contributed by atoms with Crippen LogP contribution in [-0.4, -0.2) is 25.2 Å². The lowest BCUT2D eigenvalue weighted by Crippen LogP contribution is -2.12. The number of benzene rings is 2. The van der Waals surface area contributed by atoms with Gasteiger partial charge in [-0.1, -0.05) is 36.4 Å². The summed E-state index contributed by atoms with van der Waals surface area (Å²) in [5.74, 6) is 0.732. The largest absolute Gasteiger partial charge is 0.493 e. The van der Waals surface area contributed by atoms with Gasteiger partial charge in [-0.2, -0.15) is 0 Å². The number of para-hydroxylation sites is 1. The molecule has 0 amide bonds. The monoisotopic (exact) mass is 355 g/mol. The Morgan fingerprint density at radius 2 is 1.68 bits per heavy atom. The second-order valence-electron chi connectivity index (χ2n) is 5.15. The molecule has 0 atom stereocenters. The smallest absolute Gasteiger partial charge is 0.317 e. The summed E-state index contributed by atoms with van der Waals surface area (Å²) in [5.41, 5.74) is 1.70. The number of carbonyl (C=O) groups is 1. The molecule has 0 saturated heterocycles. The normalized spacial score (nSPS) is 10.3. The molecular formula is C19H17NO4S. The minimum absolute atomic E-state index is 0.0739. The van der Waals surface area contributed by atoms with Gasteiger partial charge in [0.25, 0.3) is 0 Å². The molecule has 0 aliphatic carbocycles. The minimum atomic E-state index is -0.423. The second kappa shape index (κ2) is 7.81. The summed E-state index contributed by atoms with van der Waals surface area (Å²) in [6, 6.07) is 15.0. The summed E-state index contributed by atoms with van der Waals surface area (Å²) in [5, 5.41) is 2.74. The van der Waals surface area contributed by atoms with Crippen LogP contribution in [0.4, 0.5) is 0 Å². The highest BCUT2D eigenvalue weighted by Crippen LogP contribution is 2.37. The molecule has 0 unspecified atom stereocenters. The van der Waals surface area contributed by atoms with Crippen molar-refractivity contribution in [2.24, 2.45) is 0 Å². The number of nitrogens with zero attached hydrogens (tertiary/aromatic N) is 1. The fourth-order valence-electron chi connectivity index (χ4n) is 2.32. The van der Waals surface area contributed by atoms with Gasteiger partial charge in [-0.25, -0.2) is 4.98 Å². The number of aromatic nitrogens is 1. The molecule has 0 spiro atoms. The van der Waals surface area contributed by atoms with Crippen LogP contribution in [0.1, 0.15) is 5.69 Å². The van der Waals surface area contributed by atoms with Gasteiger partial charge in [0.15, 0.2) is 11.5 Å². The van der Waals surface area contributed by atoms with Gasteiger partial charge in [0.1, 0.15) is 5.01 Å². The Morgan fingerprint density at radius 3 is 2.32 bits per heavy atom. The van der Waals surface area contributed by atoms with Crippen LogP contribution in [-0.2, 0) is 11.2 Å². The number of thiazole rings is 1. The Hall–Kier alpha value is -2.86. The van der Waals surface area contributed by atoms with E-state index < -0.39 is 5.97 Å².